The van der Waals surface area contributed by atoms with Crippen molar-refractivity contribution in [2.24, 2.45) is 0 Å². The molecule has 8 nitrogen and oxygen atoms in total. The minimum absolute atomic E-state index is 0.346. The first-order valence-electron chi connectivity index (χ1n) is 8.72. The number of carbonyl (C=O) groups is 1. The fraction of sp³-hybridized carbons (Fsp3) is 0.353. The molecular weight excluding hydrogens is 374 g/mol. The Morgan fingerprint density at radius 2 is 2.00 bits per heavy atom. The van der Waals surface area contributed by atoms with Crippen LogP contribution in [0.2, 0.25) is 0 Å². The Morgan fingerprint density at radius 1 is 1.21 bits per heavy atom. The number of carbonyl (C=O) groups excluding carboxylic acids is 1. The Hall–Kier alpha value is -2.36. The molecule has 28 heavy (non-hydrogen) atoms. The van der Waals surface area contributed by atoms with Crippen molar-refractivity contribution in [3.8, 4) is 10.6 Å². The van der Waals surface area contributed by atoms with Crippen molar-refractivity contribution in [2.75, 3.05) is 31.6 Å². The van der Waals surface area contributed by atoms with Crippen LogP contribution >= 0.6 is 11.3 Å². The summed E-state index contributed by atoms with van der Waals surface area (Å²) in [7, 11) is 12.2. The van der Waals surface area contributed by atoms with Gasteiger partial charge < -0.3 is 15.0 Å². The Morgan fingerprint density at radius 3 is 2.71 bits per heavy atom. The Bertz CT molecular complexity index is 1020. The van der Waals surface area contributed by atoms with E-state index in [2.05, 4.69) is 25.5 Å². The number of morpholine rings is 1. The third-order valence-electron chi connectivity index (χ3n) is 4.48. The van der Waals surface area contributed by atoms with Crippen LogP contribution in [0, 0.1) is 6.92 Å². The second-order valence-corrected chi connectivity index (χ2v) is 7.67. The summed E-state index contributed by atoms with van der Waals surface area (Å²) < 4.78 is 5.28. The molecule has 0 saturated carbocycles. The zero-order valence-corrected chi connectivity index (χ0v) is 16.1. The monoisotopic (exact) mass is 390 g/mol. The summed E-state index contributed by atoms with van der Waals surface area (Å²) in [5.41, 5.74) is 1.55. The van der Waals surface area contributed by atoms with Crippen LogP contribution in [0.25, 0.3) is 21.5 Å². The number of aryl methyl sites for hydroxylation is 1. The molecule has 0 bridgehead atoms. The van der Waals surface area contributed by atoms with E-state index in [1.54, 1.807) is 23.4 Å². The molecule has 4 heterocycles. The molecule has 4 rings (SSSR count). The molecule has 1 amide bonds. The number of amides is 1. The van der Waals surface area contributed by atoms with Crippen molar-refractivity contribution < 1.29 is 9.53 Å². The highest BCUT2D eigenvalue weighted by molar-refractivity contribution is 7.14. The van der Waals surface area contributed by atoms with Gasteiger partial charge in [0.25, 0.3) is 0 Å². The van der Waals surface area contributed by atoms with Crippen LogP contribution in [0.5, 0.6) is 0 Å². The Balaban J connectivity index is 1.57. The van der Waals surface area contributed by atoms with Crippen LogP contribution in [0.4, 0.5) is 5.82 Å². The fourth-order valence-corrected chi connectivity index (χ4v) is 3.60. The number of aromatic nitrogens is 4. The lowest BCUT2D eigenvalue weighted by atomic mass is 9.60. The smallest absolute Gasteiger partial charge is 0.227 e. The molecular formula is C17H16B2N6O2S. The summed E-state index contributed by atoms with van der Waals surface area (Å²) in [4.78, 5) is 23.0. The van der Waals surface area contributed by atoms with Crippen LogP contribution in [0.15, 0.2) is 24.5 Å². The second kappa shape index (κ2) is 7.57. The highest BCUT2D eigenvalue weighted by atomic mass is 32.1. The first kappa shape index (κ1) is 19.0. The van der Waals surface area contributed by atoms with Gasteiger partial charge in [-0.2, -0.15) is 0 Å². The van der Waals surface area contributed by atoms with E-state index in [0.717, 1.165) is 21.0 Å². The van der Waals surface area contributed by atoms with Crippen LogP contribution in [-0.2, 0) is 9.53 Å². The molecule has 3 aromatic rings. The first-order chi connectivity index (χ1) is 13.4. The van der Waals surface area contributed by atoms with E-state index in [-0.39, 0.29) is 0 Å². The van der Waals surface area contributed by atoms with Crippen molar-refractivity contribution in [1.29, 1.82) is 0 Å². The predicted octanol–water partition coefficient (Wildman–Crippen LogP) is 0.718. The molecule has 1 N–H and O–H groups in total. The lowest BCUT2D eigenvalue weighted by Gasteiger charge is -2.40. The van der Waals surface area contributed by atoms with Crippen LogP contribution in [0.1, 0.15) is 5.01 Å². The normalized spacial score (nSPS) is 15.6. The average Bonchev–Trinajstić information content (AvgIpc) is 3.14. The summed E-state index contributed by atoms with van der Waals surface area (Å²) in [6, 6.07) is 3.66. The van der Waals surface area contributed by atoms with Crippen LogP contribution < -0.4 is 5.32 Å². The SMILES string of the molecule is [B]C([B])(C(=O)Nc1cc2cc(-c3nnc(C)s3)cnc2cn1)N1CCOCC1. The number of hydrogen-bond acceptors (Lipinski definition) is 8. The number of anilines is 1. The zero-order valence-electron chi connectivity index (χ0n) is 15.3. The number of fused-ring (bicyclic) bond motifs is 1. The minimum atomic E-state index is -1.65. The highest BCUT2D eigenvalue weighted by Crippen LogP contribution is 2.26. The van der Waals surface area contributed by atoms with E-state index in [0.29, 0.717) is 37.6 Å². The third kappa shape index (κ3) is 3.78. The van der Waals surface area contributed by atoms with E-state index in [9.17, 15) is 4.79 Å². The molecule has 1 aliphatic rings. The third-order valence-corrected chi connectivity index (χ3v) is 5.37. The van der Waals surface area contributed by atoms with Gasteiger partial charge in [-0.15, -0.1) is 10.2 Å². The van der Waals surface area contributed by atoms with E-state index in [4.69, 9.17) is 20.4 Å². The number of hydrogen-bond donors (Lipinski definition) is 1. The largest absolute Gasteiger partial charge is 0.379 e. The van der Waals surface area contributed by atoms with Gasteiger partial charge in [0, 0.05) is 35.6 Å². The molecule has 3 aromatic heterocycles. The molecule has 0 atom stereocenters. The van der Waals surface area contributed by atoms with Crippen molar-refractivity contribution in [1.82, 2.24) is 25.1 Å². The molecule has 138 valence electrons. The van der Waals surface area contributed by atoms with Gasteiger partial charge >= 0.3 is 0 Å². The lowest BCUT2D eigenvalue weighted by Crippen LogP contribution is -2.61. The maximum atomic E-state index is 12.6. The Kier molecular flexibility index (Phi) is 5.13. The molecule has 1 saturated heterocycles. The molecule has 11 heteroatoms. The first-order valence-corrected chi connectivity index (χ1v) is 9.53. The standard InChI is InChI=1S/C17H16B2N6O2S/c1-10-23-24-15(28-10)12-6-11-7-14(21-9-13(11)20-8-12)22-16(26)17(18,19)25-2-4-27-5-3-25/h6-9H,2-5H2,1H3,(H,21,22,26). The van der Waals surface area contributed by atoms with Crippen molar-refractivity contribution >= 4 is 49.7 Å². The average molecular weight is 390 g/mol. The van der Waals surface area contributed by atoms with Gasteiger partial charge in [0.05, 0.1) is 40.6 Å². The molecule has 0 unspecified atom stereocenters. The molecule has 0 spiro atoms. The highest BCUT2D eigenvalue weighted by Gasteiger charge is 2.34. The van der Waals surface area contributed by atoms with Gasteiger partial charge in [-0.1, -0.05) is 11.3 Å². The van der Waals surface area contributed by atoms with Gasteiger partial charge in [-0.3, -0.25) is 9.78 Å². The topological polar surface area (TPSA) is 93.1 Å². The second-order valence-electron chi connectivity index (χ2n) is 6.49. The van der Waals surface area contributed by atoms with Gasteiger partial charge in [0.2, 0.25) is 5.91 Å². The maximum Gasteiger partial charge on any atom is 0.227 e. The molecule has 0 aromatic carbocycles. The summed E-state index contributed by atoms with van der Waals surface area (Å²) in [5.74, 6) is -0.191. The number of nitrogens with one attached hydrogen (secondary N) is 1. The number of pyridine rings is 2. The van der Waals surface area contributed by atoms with Gasteiger partial charge in [-0.05, 0) is 19.1 Å². The van der Waals surface area contributed by atoms with E-state index < -0.39 is 11.2 Å². The summed E-state index contributed by atoms with van der Waals surface area (Å²) in [5, 5.41) is 11.7. The predicted molar refractivity (Wildman–Crippen MR) is 108 cm³/mol. The van der Waals surface area contributed by atoms with Crippen LogP contribution in [-0.4, -0.2) is 78.3 Å². The summed E-state index contributed by atoms with van der Waals surface area (Å²) >= 11 is 1.49. The zero-order chi connectivity index (χ0) is 19.7. The lowest BCUT2D eigenvalue weighted by molar-refractivity contribution is -0.121. The molecule has 4 radical (unpaired) electrons. The van der Waals surface area contributed by atoms with E-state index in [1.165, 1.54) is 11.3 Å². The van der Waals surface area contributed by atoms with E-state index in [1.807, 2.05) is 13.0 Å². The van der Waals surface area contributed by atoms with E-state index >= 15 is 0 Å². The summed E-state index contributed by atoms with van der Waals surface area (Å²) in [6.45, 7) is 3.84. The molecule has 1 aliphatic heterocycles. The van der Waals surface area contributed by atoms with Crippen molar-refractivity contribution in [3.63, 3.8) is 0 Å². The quantitative estimate of drug-likeness (QED) is 0.657. The van der Waals surface area contributed by atoms with Gasteiger partial charge in [0.1, 0.15) is 15.8 Å². The maximum absolute atomic E-state index is 12.6. The molecule has 0 aliphatic carbocycles. The number of rotatable bonds is 4. The number of nitrogens with zero attached hydrogens (tertiary/aromatic N) is 5. The molecule has 1 fully saturated rings. The fourth-order valence-electron chi connectivity index (χ4n) is 2.92. The van der Waals surface area contributed by atoms with Gasteiger partial charge in [-0.25, -0.2) is 4.98 Å². The van der Waals surface area contributed by atoms with Crippen molar-refractivity contribution in [3.05, 3.63) is 29.5 Å². The van der Waals surface area contributed by atoms with Crippen LogP contribution in [0.3, 0.4) is 0 Å². The number of ether oxygens (including phenoxy) is 1. The summed E-state index contributed by atoms with van der Waals surface area (Å²) in [6.07, 6.45) is 3.31. The minimum Gasteiger partial charge on any atom is -0.379 e. The van der Waals surface area contributed by atoms with Crippen molar-refractivity contribution in [2.45, 2.75) is 12.3 Å². The van der Waals surface area contributed by atoms with Gasteiger partial charge in [0.15, 0.2) is 0 Å². The Labute approximate surface area is 168 Å².